The Kier molecular flexibility index (Phi) is 4.66. The maximum atomic E-state index is 12.0. The predicted octanol–water partition coefficient (Wildman–Crippen LogP) is 2.28. The Morgan fingerprint density at radius 1 is 1.50 bits per heavy atom. The van der Waals surface area contributed by atoms with Crippen molar-refractivity contribution in [1.29, 1.82) is 0 Å². The van der Waals surface area contributed by atoms with E-state index in [1.54, 1.807) is 18.2 Å². The molecule has 1 aromatic rings. The number of thioether (sulfide) groups is 1. The smallest absolute Gasteiger partial charge is 0.323 e. The van der Waals surface area contributed by atoms with Crippen LogP contribution in [0.2, 0.25) is 0 Å². The number of hydrogen-bond acceptors (Lipinski definition) is 5. The van der Waals surface area contributed by atoms with Gasteiger partial charge in [0.05, 0.1) is 8.48 Å². The summed E-state index contributed by atoms with van der Waals surface area (Å²) in [5.74, 6) is -1.35. The fourth-order valence-electron chi connectivity index (χ4n) is 1.54. The third-order valence-electron chi connectivity index (χ3n) is 2.44. The van der Waals surface area contributed by atoms with E-state index in [2.05, 4.69) is 0 Å². The number of aromatic hydroxyl groups is 1. The molecular formula is C12H8INO4S2. The molecule has 0 atom stereocenters. The summed E-state index contributed by atoms with van der Waals surface area (Å²) in [6.45, 7) is -0.435. The summed E-state index contributed by atoms with van der Waals surface area (Å²) in [6.07, 6.45) is 1.63. The number of rotatable bonds is 3. The topological polar surface area (TPSA) is 77.8 Å². The number of benzene rings is 1. The Balaban J connectivity index is 2.27. The minimum atomic E-state index is -1.11. The van der Waals surface area contributed by atoms with Crippen LogP contribution in [0.3, 0.4) is 0 Å². The van der Waals surface area contributed by atoms with Crippen LogP contribution in [-0.2, 0) is 9.59 Å². The molecule has 1 aromatic carbocycles. The number of carbonyl (C=O) groups excluding carboxylic acids is 1. The van der Waals surface area contributed by atoms with Gasteiger partial charge in [0.15, 0.2) is 0 Å². The molecule has 0 saturated carbocycles. The van der Waals surface area contributed by atoms with E-state index in [0.29, 0.717) is 8.48 Å². The monoisotopic (exact) mass is 421 g/mol. The first kappa shape index (κ1) is 15.3. The molecule has 1 aliphatic heterocycles. The van der Waals surface area contributed by atoms with Crippen molar-refractivity contribution in [3.63, 3.8) is 0 Å². The Morgan fingerprint density at radius 2 is 2.20 bits per heavy atom. The van der Waals surface area contributed by atoms with Crippen LogP contribution < -0.4 is 0 Å². The third kappa shape index (κ3) is 3.30. The molecule has 1 amide bonds. The minimum Gasteiger partial charge on any atom is -0.507 e. The number of aliphatic carboxylic acids is 1. The van der Waals surface area contributed by atoms with Gasteiger partial charge in [-0.1, -0.05) is 30.0 Å². The van der Waals surface area contributed by atoms with Crippen LogP contribution in [0.4, 0.5) is 0 Å². The molecule has 1 heterocycles. The van der Waals surface area contributed by atoms with Crippen LogP contribution >= 0.6 is 46.6 Å². The Bertz CT molecular complexity index is 644. The summed E-state index contributed by atoms with van der Waals surface area (Å²) in [5, 5.41) is 18.2. The van der Waals surface area contributed by atoms with Crippen molar-refractivity contribution < 1.29 is 19.8 Å². The second kappa shape index (κ2) is 6.10. The number of hydrogen-bond donors (Lipinski definition) is 2. The number of phenolic OH excluding ortho intramolecular Hbond substituents is 1. The third-order valence-corrected chi connectivity index (χ3v) is 4.68. The standard InChI is InChI=1S/C12H8INO4S2/c13-7-3-6(1-2-8(7)15)4-9-11(18)14(5-10(16)17)12(19)20-9/h1-4,15H,5H2,(H,16,17)/b9-4+. The van der Waals surface area contributed by atoms with Crippen molar-refractivity contribution in [1.82, 2.24) is 4.90 Å². The van der Waals surface area contributed by atoms with Gasteiger partial charge >= 0.3 is 5.97 Å². The molecule has 0 unspecified atom stereocenters. The molecule has 20 heavy (non-hydrogen) atoms. The molecule has 1 fully saturated rings. The highest BCUT2D eigenvalue weighted by Crippen LogP contribution is 2.33. The summed E-state index contributed by atoms with van der Waals surface area (Å²) >= 11 is 8.05. The number of thiocarbonyl (C=S) groups is 1. The van der Waals surface area contributed by atoms with Crippen molar-refractivity contribution >= 4 is 68.8 Å². The molecule has 1 saturated heterocycles. The average Bonchev–Trinajstić information content (AvgIpc) is 2.61. The average molecular weight is 421 g/mol. The predicted molar refractivity (Wildman–Crippen MR) is 88.3 cm³/mol. The fourth-order valence-corrected chi connectivity index (χ4v) is 3.33. The number of amides is 1. The Hall–Kier alpha value is -1.13. The first-order chi connectivity index (χ1) is 9.38. The van der Waals surface area contributed by atoms with Crippen molar-refractivity contribution in [2.24, 2.45) is 0 Å². The Morgan fingerprint density at radius 3 is 2.80 bits per heavy atom. The highest BCUT2D eigenvalue weighted by atomic mass is 127. The van der Waals surface area contributed by atoms with Crippen LogP contribution in [0, 0.1) is 3.57 Å². The number of carboxylic acids is 1. The highest BCUT2D eigenvalue weighted by Gasteiger charge is 2.33. The van der Waals surface area contributed by atoms with Crippen LogP contribution in [0.25, 0.3) is 6.08 Å². The number of carboxylic acid groups (broad SMARTS) is 1. The van der Waals surface area contributed by atoms with E-state index in [-0.39, 0.29) is 10.1 Å². The second-order valence-electron chi connectivity index (χ2n) is 3.87. The molecule has 1 aliphatic rings. The van der Waals surface area contributed by atoms with Crippen LogP contribution in [-0.4, -0.2) is 37.9 Å². The zero-order chi connectivity index (χ0) is 14.9. The lowest BCUT2D eigenvalue weighted by Crippen LogP contribution is -2.33. The highest BCUT2D eigenvalue weighted by molar-refractivity contribution is 14.1. The maximum absolute atomic E-state index is 12.0. The van der Waals surface area contributed by atoms with Crippen LogP contribution in [0.1, 0.15) is 5.56 Å². The molecular weight excluding hydrogens is 413 g/mol. The number of halogens is 1. The largest absolute Gasteiger partial charge is 0.507 e. The van der Waals surface area contributed by atoms with Gasteiger partial charge in [0.2, 0.25) is 0 Å². The van der Waals surface area contributed by atoms with E-state index in [1.165, 1.54) is 6.07 Å². The molecule has 0 bridgehead atoms. The first-order valence-electron chi connectivity index (χ1n) is 5.34. The number of nitrogens with zero attached hydrogens (tertiary/aromatic N) is 1. The van der Waals surface area contributed by atoms with Gasteiger partial charge in [0, 0.05) is 0 Å². The SMILES string of the molecule is O=C(O)CN1C(=O)/C(=C\c2ccc(O)c(I)c2)SC1=S. The number of phenols is 1. The molecule has 0 spiro atoms. The van der Waals surface area contributed by atoms with Gasteiger partial charge in [-0.3, -0.25) is 14.5 Å². The van der Waals surface area contributed by atoms with E-state index in [9.17, 15) is 14.7 Å². The maximum Gasteiger partial charge on any atom is 0.323 e. The lowest BCUT2D eigenvalue weighted by Gasteiger charge is -2.10. The van der Waals surface area contributed by atoms with Gasteiger partial charge in [0.1, 0.15) is 16.6 Å². The number of carbonyl (C=O) groups is 2. The zero-order valence-corrected chi connectivity index (χ0v) is 13.7. The molecule has 8 heteroatoms. The summed E-state index contributed by atoms with van der Waals surface area (Å²) < 4.78 is 0.898. The van der Waals surface area contributed by atoms with E-state index in [1.807, 2.05) is 22.6 Å². The molecule has 5 nitrogen and oxygen atoms in total. The first-order valence-corrected chi connectivity index (χ1v) is 7.64. The van der Waals surface area contributed by atoms with Gasteiger partial charge < -0.3 is 10.2 Å². The van der Waals surface area contributed by atoms with Gasteiger partial charge in [-0.25, -0.2) is 0 Å². The van der Waals surface area contributed by atoms with Gasteiger partial charge in [0.25, 0.3) is 5.91 Å². The molecule has 104 valence electrons. The summed E-state index contributed by atoms with van der Waals surface area (Å²) in [7, 11) is 0. The van der Waals surface area contributed by atoms with Crippen LogP contribution in [0.5, 0.6) is 5.75 Å². The molecule has 2 N–H and O–H groups in total. The zero-order valence-electron chi connectivity index (χ0n) is 9.87. The summed E-state index contributed by atoms with van der Waals surface area (Å²) in [6, 6.07) is 4.92. The van der Waals surface area contributed by atoms with Crippen molar-refractivity contribution in [2.75, 3.05) is 6.54 Å². The normalized spacial score (nSPS) is 17.1. The van der Waals surface area contributed by atoms with E-state index >= 15 is 0 Å². The summed E-state index contributed by atoms with van der Waals surface area (Å²) in [4.78, 5) is 24.2. The quantitative estimate of drug-likeness (QED) is 0.443. The van der Waals surface area contributed by atoms with E-state index in [0.717, 1.165) is 22.2 Å². The second-order valence-corrected chi connectivity index (χ2v) is 6.71. The van der Waals surface area contributed by atoms with Crippen molar-refractivity contribution in [2.45, 2.75) is 0 Å². The van der Waals surface area contributed by atoms with Crippen molar-refractivity contribution in [3.8, 4) is 5.75 Å². The Labute approximate surface area is 137 Å². The van der Waals surface area contributed by atoms with E-state index in [4.69, 9.17) is 17.3 Å². The van der Waals surface area contributed by atoms with Crippen LogP contribution in [0.15, 0.2) is 23.1 Å². The molecule has 0 aliphatic carbocycles. The minimum absolute atomic E-state index is 0.168. The summed E-state index contributed by atoms with van der Waals surface area (Å²) in [5.41, 5.74) is 0.739. The fraction of sp³-hybridized carbons (Fsp3) is 0.0833. The lowest BCUT2D eigenvalue weighted by atomic mass is 10.2. The van der Waals surface area contributed by atoms with Gasteiger partial charge in [-0.15, -0.1) is 0 Å². The lowest BCUT2D eigenvalue weighted by molar-refractivity contribution is -0.140. The molecule has 0 radical (unpaired) electrons. The van der Waals surface area contributed by atoms with E-state index < -0.39 is 18.4 Å². The molecule has 2 rings (SSSR count). The van der Waals surface area contributed by atoms with Gasteiger partial charge in [-0.2, -0.15) is 0 Å². The van der Waals surface area contributed by atoms with Crippen molar-refractivity contribution in [3.05, 3.63) is 32.2 Å². The molecule has 0 aromatic heterocycles. The van der Waals surface area contributed by atoms with Gasteiger partial charge in [-0.05, 0) is 46.4 Å².